The third kappa shape index (κ3) is 6.06. The third-order valence-electron chi connectivity index (χ3n) is 6.00. The van der Waals surface area contributed by atoms with E-state index in [9.17, 15) is 17.6 Å². The van der Waals surface area contributed by atoms with Crippen molar-refractivity contribution in [1.29, 1.82) is 0 Å². The largest absolute Gasteiger partial charge is 0.341 e. The Kier molecular flexibility index (Phi) is 7.38. The predicted octanol–water partition coefficient (Wildman–Crippen LogP) is 2.61. The zero-order valence-corrected chi connectivity index (χ0v) is 19.8. The van der Waals surface area contributed by atoms with E-state index in [1.807, 2.05) is 18.2 Å². The predicted molar refractivity (Wildman–Crippen MR) is 127 cm³/mol. The van der Waals surface area contributed by atoms with Crippen LogP contribution in [0.2, 0.25) is 0 Å². The topological polar surface area (TPSA) is 97.2 Å². The van der Waals surface area contributed by atoms with Gasteiger partial charge in [0.25, 0.3) is 0 Å². The van der Waals surface area contributed by atoms with E-state index in [0.29, 0.717) is 32.4 Å². The highest BCUT2D eigenvalue weighted by Crippen LogP contribution is 2.21. The first kappa shape index (κ1) is 24.0. The maximum Gasteiger partial charge on any atom is 0.244 e. The molecule has 1 aliphatic rings. The molecule has 0 unspecified atom stereocenters. The summed E-state index contributed by atoms with van der Waals surface area (Å²) in [5.41, 5.74) is 3.39. The minimum atomic E-state index is -3.26. The maximum absolute atomic E-state index is 13.3. The first-order valence-corrected chi connectivity index (χ1v) is 13.0. The molecule has 4 rings (SSSR count). The van der Waals surface area contributed by atoms with Gasteiger partial charge in [0.05, 0.1) is 11.4 Å². The lowest BCUT2D eigenvalue weighted by molar-refractivity contribution is -0.133. The average Bonchev–Trinajstić information content (AvgIpc) is 3.23. The highest BCUT2D eigenvalue weighted by molar-refractivity contribution is 7.89. The number of pyridine rings is 1. The highest BCUT2D eigenvalue weighted by Gasteiger charge is 2.26. The van der Waals surface area contributed by atoms with E-state index < -0.39 is 10.0 Å². The van der Waals surface area contributed by atoms with Crippen molar-refractivity contribution in [2.75, 3.05) is 18.8 Å². The monoisotopic (exact) mass is 485 g/mol. The first-order valence-electron chi connectivity index (χ1n) is 11.3. The third-order valence-corrected chi connectivity index (χ3v) is 7.45. The van der Waals surface area contributed by atoms with Gasteiger partial charge in [0, 0.05) is 49.2 Å². The molecule has 1 fully saturated rings. The van der Waals surface area contributed by atoms with Gasteiger partial charge in [-0.05, 0) is 55.7 Å². The van der Waals surface area contributed by atoms with Crippen LogP contribution < -0.4 is 4.72 Å². The Morgan fingerprint density at radius 1 is 1.12 bits per heavy atom. The molecule has 10 heteroatoms. The minimum Gasteiger partial charge on any atom is -0.341 e. The summed E-state index contributed by atoms with van der Waals surface area (Å²) in [5, 5.41) is 4.68. The molecule has 3 heterocycles. The number of amides is 1. The van der Waals surface area contributed by atoms with E-state index in [2.05, 4.69) is 14.8 Å². The van der Waals surface area contributed by atoms with Crippen LogP contribution in [-0.2, 0) is 27.8 Å². The van der Waals surface area contributed by atoms with Crippen LogP contribution in [0.15, 0.2) is 54.9 Å². The summed E-state index contributed by atoms with van der Waals surface area (Å²) < 4.78 is 41.4. The van der Waals surface area contributed by atoms with Crippen molar-refractivity contribution in [3.63, 3.8) is 0 Å². The molecule has 0 aliphatic carbocycles. The first-order chi connectivity index (χ1) is 16.3. The van der Waals surface area contributed by atoms with Gasteiger partial charge in [0.2, 0.25) is 15.9 Å². The zero-order valence-electron chi connectivity index (χ0n) is 19.0. The standard InChI is InChI=1S/C24H28FN5O3S/c1-2-34(32,33)28-21-9-13-29(14-10-21)24(31)17-30-22(15-18-3-5-20(25)6-4-18)16-23(27-30)19-7-11-26-12-8-19/h3-8,11-12,16,21,28H,2,9-10,13-15,17H2,1H3. The Hall–Kier alpha value is -3.11. The molecule has 3 aromatic rings. The molecule has 1 N–H and O–H groups in total. The number of hydrogen-bond acceptors (Lipinski definition) is 5. The van der Waals surface area contributed by atoms with E-state index in [1.54, 1.807) is 41.0 Å². The Morgan fingerprint density at radius 3 is 2.44 bits per heavy atom. The van der Waals surface area contributed by atoms with Gasteiger partial charge in [-0.2, -0.15) is 5.10 Å². The summed E-state index contributed by atoms with van der Waals surface area (Å²) in [7, 11) is -3.26. The van der Waals surface area contributed by atoms with Crippen LogP contribution in [0.3, 0.4) is 0 Å². The number of sulfonamides is 1. The quantitative estimate of drug-likeness (QED) is 0.529. The second kappa shape index (κ2) is 10.4. The summed E-state index contributed by atoms with van der Waals surface area (Å²) in [4.78, 5) is 18.9. The number of nitrogens with zero attached hydrogens (tertiary/aromatic N) is 4. The van der Waals surface area contributed by atoms with E-state index in [0.717, 1.165) is 22.5 Å². The van der Waals surface area contributed by atoms with Crippen molar-refractivity contribution in [3.8, 4) is 11.3 Å². The van der Waals surface area contributed by atoms with Crippen molar-refractivity contribution in [1.82, 2.24) is 24.4 Å². The van der Waals surface area contributed by atoms with Crippen molar-refractivity contribution >= 4 is 15.9 Å². The molecular weight excluding hydrogens is 457 g/mol. The molecule has 0 atom stereocenters. The van der Waals surface area contributed by atoms with Gasteiger partial charge in [-0.3, -0.25) is 14.5 Å². The van der Waals surface area contributed by atoms with E-state index in [4.69, 9.17) is 0 Å². The summed E-state index contributed by atoms with van der Waals surface area (Å²) in [6, 6.07) is 11.8. The van der Waals surface area contributed by atoms with Gasteiger partial charge < -0.3 is 4.90 Å². The van der Waals surface area contributed by atoms with Crippen LogP contribution >= 0.6 is 0 Å². The van der Waals surface area contributed by atoms with Gasteiger partial charge in [-0.25, -0.2) is 17.5 Å². The van der Waals surface area contributed by atoms with Crippen molar-refractivity contribution in [2.24, 2.45) is 0 Å². The molecule has 8 nitrogen and oxygen atoms in total. The number of benzene rings is 1. The Bertz CT molecular complexity index is 1220. The number of aromatic nitrogens is 3. The average molecular weight is 486 g/mol. The molecule has 0 radical (unpaired) electrons. The lowest BCUT2D eigenvalue weighted by Crippen LogP contribution is -2.47. The van der Waals surface area contributed by atoms with E-state index >= 15 is 0 Å². The van der Waals surface area contributed by atoms with Crippen molar-refractivity contribution in [3.05, 3.63) is 71.9 Å². The maximum atomic E-state index is 13.3. The lowest BCUT2D eigenvalue weighted by Gasteiger charge is -2.32. The second-order valence-electron chi connectivity index (χ2n) is 8.39. The molecule has 0 spiro atoms. The normalized spacial score (nSPS) is 14.9. The number of hydrogen-bond donors (Lipinski definition) is 1. The summed E-state index contributed by atoms with van der Waals surface area (Å²) in [6.07, 6.45) is 5.04. The Labute approximate surface area is 198 Å². The summed E-state index contributed by atoms with van der Waals surface area (Å²) >= 11 is 0. The number of piperidine rings is 1. The van der Waals surface area contributed by atoms with Crippen LogP contribution in [0.4, 0.5) is 4.39 Å². The van der Waals surface area contributed by atoms with E-state index in [1.165, 1.54) is 12.1 Å². The lowest BCUT2D eigenvalue weighted by atomic mass is 10.1. The van der Waals surface area contributed by atoms with Gasteiger partial charge in [-0.15, -0.1) is 0 Å². The molecule has 180 valence electrons. The summed E-state index contributed by atoms with van der Waals surface area (Å²) in [6.45, 7) is 2.66. The van der Waals surface area contributed by atoms with Gasteiger partial charge in [0.15, 0.2) is 0 Å². The molecule has 34 heavy (non-hydrogen) atoms. The molecule has 2 aromatic heterocycles. The van der Waals surface area contributed by atoms with Crippen LogP contribution in [0.1, 0.15) is 31.0 Å². The van der Waals surface area contributed by atoms with Crippen LogP contribution in [0.5, 0.6) is 0 Å². The second-order valence-corrected chi connectivity index (χ2v) is 10.4. The van der Waals surface area contributed by atoms with Crippen LogP contribution in [0.25, 0.3) is 11.3 Å². The molecule has 0 saturated carbocycles. The van der Waals surface area contributed by atoms with E-state index in [-0.39, 0.29) is 30.1 Å². The molecule has 1 aliphatic heterocycles. The number of likely N-dealkylation sites (tertiary alicyclic amines) is 1. The fourth-order valence-electron chi connectivity index (χ4n) is 4.02. The number of rotatable bonds is 8. The molecule has 1 aromatic carbocycles. The molecule has 0 bridgehead atoms. The Morgan fingerprint density at radius 2 is 1.79 bits per heavy atom. The number of nitrogens with one attached hydrogen (secondary N) is 1. The minimum absolute atomic E-state index is 0.0437. The fourth-order valence-corrected chi connectivity index (χ4v) is 4.93. The van der Waals surface area contributed by atoms with Gasteiger partial charge in [0.1, 0.15) is 12.4 Å². The van der Waals surface area contributed by atoms with Gasteiger partial charge in [-0.1, -0.05) is 12.1 Å². The number of carbonyl (C=O) groups excluding carboxylic acids is 1. The van der Waals surface area contributed by atoms with Crippen LogP contribution in [0, 0.1) is 5.82 Å². The molecular formula is C24H28FN5O3S. The Balaban J connectivity index is 1.48. The van der Waals surface area contributed by atoms with Crippen LogP contribution in [-0.4, -0.2) is 58.9 Å². The SMILES string of the molecule is CCS(=O)(=O)NC1CCN(C(=O)Cn2nc(-c3ccncc3)cc2Cc2ccc(F)cc2)CC1. The fraction of sp³-hybridized carbons (Fsp3) is 0.375. The van der Waals surface area contributed by atoms with Gasteiger partial charge >= 0.3 is 0 Å². The van der Waals surface area contributed by atoms with Crippen molar-refractivity contribution in [2.45, 2.75) is 38.8 Å². The molecule has 1 saturated heterocycles. The summed E-state index contributed by atoms with van der Waals surface area (Å²) in [5.74, 6) is -0.321. The van der Waals surface area contributed by atoms with Crippen molar-refractivity contribution < 1.29 is 17.6 Å². The molecule has 1 amide bonds. The smallest absolute Gasteiger partial charge is 0.244 e. The number of halogens is 1. The zero-order chi connectivity index (χ0) is 24.1. The number of carbonyl (C=O) groups is 1. The highest BCUT2D eigenvalue weighted by atomic mass is 32.2.